The largest absolute Gasteiger partial charge is 0.181 e. The molecular formula is C6H2Cl3N7. The van der Waals surface area contributed by atoms with Gasteiger partial charge in [0, 0.05) is 0 Å². The maximum atomic E-state index is 6.02. The van der Waals surface area contributed by atoms with Crippen molar-refractivity contribution in [3.63, 3.8) is 0 Å². The first-order valence-electron chi connectivity index (χ1n) is 4.10. The fourth-order valence-corrected chi connectivity index (χ4v) is 2.20. The zero-order chi connectivity index (χ0) is 11.3. The second kappa shape index (κ2) is 3.41. The summed E-state index contributed by atoms with van der Waals surface area (Å²) in [5.41, 5.74) is 3.41. The molecule has 7 nitrogen and oxygen atoms in total. The molecule has 1 unspecified atom stereocenters. The minimum atomic E-state index is -0.447. The van der Waals surface area contributed by atoms with Gasteiger partial charge in [-0.1, -0.05) is 40.0 Å². The number of hydrogen-bond acceptors (Lipinski definition) is 7. The first-order chi connectivity index (χ1) is 7.70. The lowest BCUT2D eigenvalue weighted by atomic mass is 10.0. The van der Waals surface area contributed by atoms with Crippen molar-refractivity contribution in [2.24, 2.45) is 25.9 Å². The minimum absolute atomic E-state index is 0.186. The molecule has 0 radical (unpaired) electrons. The Hall–Kier alpha value is -1.18. The molecule has 0 aromatic carbocycles. The molecule has 1 aliphatic carbocycles. The van der Waals surface area contributed by atoms with Crippen LogP contribution in [0.4, 0.5) is 0 Å². The van der Waals surface area contributed by atoms with E-state index in [0.717, 1.165) is 0 Å². The average molecular weight is 278 g/mol. The molecule has 2 heterocycles. The number of nitrogens with one attached hydrogen (secondary N) is 1. The van der Waals surface area contributed by atoms with E-state index in [1.165, 1.54) is 5.12 Å². The SMILES string of the molecule is ClC1=C(Cl)C(Cl)=C2N=NNN3N=NN=C1C23. The fourth-order valence-electron chi connectivity index (χ4n) is 1.48. The van der Waals surface area contributed by atoms with Gasteiger partial charge in [-0.15, -0.1) is 10.2 Å². The molecule has 0 saturated heterocycles. The zero-order valence-electron chi connectivity index (χ0n) is 7.39. The first kappa shape index (κ1) is 10.0. The highest BCUT2D eigenvalue weighted by molar-refractivity contribution is 6.55. The van der Waals surface area contributed by atoms with Crippen LogP contribution < -0.4 is 5.53 Å². The van der Waals surface area contributed by atoms with Gasteiger partial charge in [0.15, 0.2) is 6.04 Å². The van der Waals surface area contributed by atoms with Crippen LogP contribution in [0.15, 0.2) is 46.7 Å². The Bertz CT molecular complexity index is 516. The first-order valence-corrected chi connectivity index (χ1v) is 5.23. The van der Waals surface area contributed by atoms with Gasteiger partial charge in [-0.25, -0.2) is 0 Å². The summed E-state index contributed by atoms with van der Waals surface area (Å²) < 4.78 is 0. The van der Waals surface area contributed by atoms with Crippen LogP contribution in [0.5, 0.6) is 0 Å². The van der Waals surface area contributed by atoms with E-state index in [1.54, 1.807) is 0 Å². The number of allylic oxidation sites excluding steroid dienone is 2. The number of hydrazine groups is 1. The van der Waals surface area contributed by atoms with Crippen molar-refractivity contribution in [3.05, 3.63) is 20.8 Å². The van der Waals surface area contributed by atoms with E-state index >= 15 is 0 Å². The summed E-state index contributed by atoms with van der Waals surface area (Å²) in [4.78, 5) is 0. The monoisotopic (exact) mass is 277 g/mol. The lowest BCUT2D eigenvalue weighted by molar-refractivity contribution is 0.140. The second-order valence-electron chi connectivity index (χ2n) is 3.04. The molecule has 0 saturated carbocycles. The Morgan fingerprint density at radius 3 is 2.75 bits per heavy atom. The summed E-state index contributed by atoms with van der Waals surface area (Å²) in [6.07, 6.45) is 0. The summed E-state index contributed by atoms with van der Waals surface area (Å²) in [6, 6.07) is -0.447. The number of rotatable bonds is 0. The number of hydrogen-bond donors (Lipinski definition) is 1. The molecule has 82 valence electrons. The quantitative estimate of drug-likeness (QED) is 0.738. The summed E-state index contributed by atoms with van der Waals surface area (Å²) in [5, 5.41) is 20.6. The van der Waals surface area contributed by atoms with E-state index in [2.05, 4.69) is 31.4 Å². The van der Waals surface area contributed by atoms with Gasteiger partial charge in [-0.2, -0.15) is 10.7 Å². The van der Waals surface area contributed by atoms with Crippen molar-refractivity contribution in [2.45, 2.75) is 6.04 Å². The van der Waals surface area contributed by atoms with Crippen LogP contribution in [0.25, 0.3) is 0 Å². The van der Waals surface area contributed by atoms with Gasteiger partial charge in [0.05, 0.1) is 15.1 Å². The summed E-state index contributed by atoms with van der Waals surface area (Å²) in [5.74, 6) is 0. The molecular weight excluding hydrogens is 276 g/mol. The molecule has 0 bridgehead atoms. The van der Waals surface area contributed by atoms with Gasteiger partial charge in [0.1, 0.15) is 11.4 Å². The van der Waals surface area contributed by atoms with E-state index in [9.17, 15) is 0 Å². The van der Waals surface area contributed by atoms with Gasteiger partial charge in [0.25, 0.3) is 0 Å². The topological polar surface area (TPSA) is 77.1 Å². The Morgan fingerprint density at radius 2 is 1.94 bits per heavy atom. The van der Waals surface area contributed by atoms with Crippen LogP contribution in [0.3, 0.4) is 0 Å². The molecule has 10 heteroatoms. The van der Waals surface area contributed by atoms with Gasteiger partial charge in [0.2, 0.25) is 0 Å². The van der Waals surface area contributed by atoms with E-state index in [1.807, 2.05) is 0 Å². The van der Waals surface area contributed by atoms with Crippen LogP contribution in [0, 0.1) is 0 Å². The van der Waals surface area contributed by atoms with E-state index in [4.69, 9.17) is 34.8 Å². The Morgan fingerprint density at radius 1 is 1.12 bits per heavy atom. The van der Waals surface area contributed by atoms with Crippen molar-refractivity contribution in [1.29, 1.82) is 0 Å². The van der Waals surface area contributed by atoms with E-state index < -0.39 is 6.04 Å². The summed E-state index contributed by atoms with van der Waals surface area (Å²) in [7, 11) is 0. The third-order valence-corrected chi connectivity index (χ3v) is 3.53. The van der Waals surface area contributed by atoms with Crippen LogP contribution in [-0.4, -0.2) is 16.9 Å². The molecule has 2 aliphatic heterocycles. The molecule has 16 heavy (non-hydrogen) atoms. The Kier molecular flexibility index (Phi) is 2.13. The van der Waals surface area contributed by atoms with Crippen LogP contribution in [-0.2, 0) is 0 Å². The number of halogens is 3. The maximum Gasteiger partial charge on any atom is 0.163 e. The van der Waals surface area contributed by atoms with Crippen molar-refractivity contribution in [3.8, 4) is 0 Å². The maximum absolute atomic E-state index is 6.02. The van der Waals surface area contributed by atoms with Crippen molar-refractivity contribution in [2.75, 3.05) is 0 Å². The highest BCUT2D eigenvalue weighted by atomic mass is 35.5. The zero-order valence-corrected chi connectivity index (χ0v) is 9.66. The van der Waals surface area contributed by atoms with Gasteiger partial charge in [-0.05, 0) is 10.4 Å². The average Bonchev–Trinajstić information content (AvgIpc) is 2.33. The molecule has 3 aliphatic rings. The lowest BCUT2D eigenvalue weighted by Gasteiger charge is -2.33. The normalized spacial score (nSPS) is 26.8. The third-order valence-electron chi connectivity index (χ3n) is 2.19. The highest BCUT2D eigenvalue weighted by Crippen LogP contribution is 2.40. The predicted molar refractivity (Wildman–Crippen MR) is 57.5 cm³/mol. The molecule has 3 rings (SSSR count). The number of nitrogens with zero attached hydrogens (tertiary/aromatic N) is 6. The van der Waals surface area contributed by atoms with Gasteiger partial charge < -0.3 is 0 Å². The van der Waals surface area contributed by atoms with Crippen molar-refractivity contribution in [1.82, 2.24) is 10.7 Å². The molecule has 0 aromatic heterocycles. The van der Waals surface area contributed by atoms with Crippen LogP contribution in [0.2, 0.25) is 0 Å². The van der Waals surface area contributed by atoms with Crippen LogP contribution >= 0.6 is 34.8 Å². The van der Waals surface area contributed by atoms with Crippen molar-refractivity contribution < 1.29 is 0 Å². The van der Waals surface area contributed by atoms with Gasteiger partial charge >= 0.3 is 0 Å². The Labute approximate surface area is 104 Å². The Balaban J connectivity index is 2.27. The predicted octanol–water partition coefficient (Wildman–Crippen LogP) is 2.43. The third kappa shape index (κ3) is 1.19. The fraction of sp³-hybridized carbons (Fsp3) is 0.167. The molecule has 0 aromatic rings. The molecule has 1 atom stereocenters. The smallest absolute Gasteiger partial charge is 0.163 e. The highest BCUT2D eigenvalue weighted by Gasteiger charge is 2.41. The van der Waals surface area contributed by atoms with Gasteiger partial charge in [-0.3, -0.25) is 0 Å². The standard InChI is InChI=1S/C6H2Cl3N7/c7-1-2(8)4-6-5(3(1)9)11-13-15-16(6)14-12-10-4/h6H,(H,10,14). The molecule has 1 N–H and O–H groups in total. The minimum Gasteiger partial charge on any atom is -0.181 e. The lowest BCUT2D eigenvalue weighted by Crippen LogP contribution is -2.49. The van der Waals surface area contributed by atoms with E-state index in [-0.39, 0.29) is 15.1 Å². The molecule has 0 spiro atoms. The van der Waals surface area contributed by atoms with Crippen molar-refractivity contribution >= 4 is 40.5 Å². The molecule has 0 fully saturated rings. The second-order valence-corrected chi connectivity index (χ2v) is 4.17. The summed E-state index contributed by atoms with van der Waals surface area (Å²) in [6.45, 7) is 0. The summed E-state index contributed by atoms with van der Waals surface area (Å²) >= 11 is 18.0. The molecule has 0 amide bonds. The van der Waals surface area contributed by atoms with Crippen LogP contribution in [0.1, 0.15) is 0 Å². The van der Waals surface area contributed by atoms with E-state index in [0.29, 0.717) is 11.4 Å².